The zero-order chi connectivity index (χ0) is 26.2. The van der Waals surface area contributed by atoms with Gasteiger partial charge in [0, 0.05) is 11.1 Å². The number of esters is 1. The first-order valence-corrected chi connectivity index (χ1v) is 13.9. The zero-order valence-corrected chi connectivity index (χ0v) is 22.3. The highest BCUT2D eigenvalue weighted by molar-refractivity contribution is 8.03. The fourth-order valence-electron chi connectivity index (χ4n) is 4.83. The van der Waals surface area contributed by atoms with Crippen LogP contribution in [0.15, 0.2) is 70.8 Å². The maximum atomic E-state index is 13.4. The van der Waals surface area contributed by atoms with Crippen molar-refractivity contribution in [3.63, 3.8) is 0 Å². The van der Waals surface area contributed by atoms with Gasteiger partial charge < -0.3 is 15.4 Å². The maximum absolute atomic E-state index is 13.4. The molecule has 1 heterocycles. The minimum Gasteiger partial charge on any atom is -0.463 e. The molecule has 2 aliphatic rings. The van der Waals surface area contributed by atoms with Crippen LogP contribution < -0.4 is 10.6 Å². The van der Waals surface area contributed by atoms with Crippen molar-refractivity contribution in [2.45, 2.75) is 51.0 Å². The van der Waals surface area contributed by atoms with Crippen LogP contribution in [0.3, 0.4) is 0 Å². The summed E-state index contributed by atoms with van der Waals surface area (Å²) in [6, 6.07) is 19.1. The normalized spacial score (nSPS) is 18.1. The van der Waals surface area contributed by atoms with Crippen LogP contribution in [0.1, 0.15) is 56.1 Å². The average Bonchev–Trinajstić information content (AvgIpc) is 2.92. The number of carbonyl (C=O) groups excluding carboxylic acids is 2. The average molecular weight is 536 g/mol. The van der Waals surface area contributed by atoms with Gasteiger partial charge in [0.05, 0.1) is 46.2 Å². The largest absolute Gasteiger partial charge is 0.463 e. The molecule has 37 heavy (non-hydrogen) atoms. The number of halogens is 1. The van der Waals surface area contributed by atoms with E-state index < -0.39 is 11.9 Å². The minimum absolute atomic E-state index is 0.0702. The topological polar surface area (TPSA) is 91.2 Å². The number of benzene rings is 2. The van der Waals surface area contributed by atoms with Gasteiger partial charge in [0.15, 0.2) is 0 Å². The van der Waals surface area contributed by atoms with Gasteiger partial charge in [0.1, 0.15) is 0 Å². The molecule has 2 N–H and O–H groups in total. The fraction of sp³-hybridized carbons (Fsp3) is 0.345. The second kappa shape index (κ2) is 12.8. The monoisotopic (exact) mass is 535 g/mol. The Bertz CT molecular complexity index is 1250. The molecule has 1 aliphatic heterocycles. The zero-order valence-electron chi connectivity index (χ0n) is 20.8. The number of dihydropyridines is 1. The summed E-state index contributed by atoms with van der Waals surface area (Å²) in [5.41, 5.74) is 2.57. The number of nitrogens with zero attached hydrogens (tertiary/aromatic N) is 1. The van der Waals surface area contributed by atoms with Gasteiger partial charge in [-0.1, -0.05) is 91.2 Å². The standard InChI is InChI=1S/C29H30ClN3O3S/c1-2-36-29(35)26-25(21-15-9-10-16-23(21)30)22(17-31)28(33-27(26)19-11-5-3-6-12-19)37-18-24(34)32-20-13-7-4-8-14-20/h3,5-6,9-12,15-16,20,25,33H,2,4,7-8,13-14,18H2,1H3,(H,32,34). The van der Waals surface area contributed by atoms with E-state index in [9.17, 15) is 14.9 Å². The van der Waals surface area contributed by atoms with Crippen LogP contribution in [0, 0.1) is 11.3 Å². The van der Waals surface area contributed by atoms with Crippen molar-refractivity contribution in [1.82, 2.24) is 10.6 Å². The van der Waals surface area contributed by atoms with Crippen molar-refractivity contribution in [1.29, 1.82) is 5.26 Å². The number of allylic oxidation sites excluding steroid dienone is 1. The van der Waals surface area contributed by atoms with Gasteiger partial charge >= 0.3 is 5.97 Å². The Morgan fingerprint density at radius 3 is 2.49 bits per heavy atom. The van der Waals surface area contributed by atoms with Crippen molar-refractivity contribution in [2.24, 2.45) is 0 Å². The van der Waals surface area contributed by atoms with Crippen LogP contribution in [0.5, 0.6) is 0 Å². The number of rotatable bonds is 8. The Morgan fingerprint density at radius 2 is 1.81 bits per heavy atom. The van der Waals surface area contributed by atoms with Crippen LogP contribution >= 0.6 is 23.4 Å². The second-order valence-electron chi connectivity index (χ2n) is 9.00. The SMILES string of the molecule is CCOC(=O)C1=C(c2ccccc2)NC(SCC(=O)NC2CCCCC2)=C(C#N)C1c1ccccc1Cl. The predicted molar refractivity (Wildman–Crippen MR) is 147 cm³/mol. The quantitative estimate of drug-likeness (QED) is 0.408. The van der Waals surface area contributed by atoms with E-state index in [1.54, 1.807) is 19.1 Å². The molecule has 4 rings (SSSR count). The van der Waals surface area contributed by atoms with E-state index in [-0.39, 0.29) is 24.3 Å². The molecular weight excluding hydrogens is 506 g/mol. The maximum Gasteiger partial charge on any atom is 0.337 e. The number of hydrogen-bond acceptors (Lipinski definition) is 6. The van der Waals surface area contributed by atoms with Crippen LogP contribution in [-0.2, 0) is 14.3 Å². The van der Waals surface area contributed by atoms with Crippen LogP contribution in [0.2, 0.25) is 5.02 Å². The lowest BCUT2D eigenvalue weighted by Gasteiger charge is -2.31. The van der Waals surface area contributed by atoms with Gasteiger partial charge in [0.25, 0.3) is 0 Å². The molecule has 1 fully saturated rings. The molecular formula is C29H30ClN3O3S. The van der Waals surface area contributed by atoms with E-state index in [2.05, 4.69) is 16.7 Å². The summed E-state index contributed by atoms with van der Waals surface area (Å²) in [6.07, 6.45) is 5.47. The number of carbonyl (C=O) groups is 2. The fourth-order valence-corrected chi connectivity index (χ4v) is 5.93. The highest BCUT2D eigenvalue weighted by atomic mass is 35.5. The Kier molecular flexibility index (Phi) is 9.32. The van der Waals surface area contributed by atoms with Crippen molar-refractivity contribution < 1.29 is 14.3 Å². The Labute approximate surface area is 227 Å². The molecule has 1 saturated carbocycles. The number of hydrogen-bond donors (Lipinski definition) is 2. The Hall–Kier alpha value is -3.21. The molecule has 1 unspecified atom stereocenters. The smallest absolute Gasteiger partial charge is 0.337 e. The number of thioether (sulfide) groups is 1. The van der Waals surface area contributed by atoms with Gasteiger partial charge in [-0.3, -0.25) is 4.79 Å². The first-order chi connectivity index (χ1) is 18.0. The summed E-state index contributed by atoms with van der Waals surface area (Å²) in [5.74, 6) is -1.20. The van der Waals surface area contributed by atoms with Crippen molar-refractivity contribution in [2.75, 3.05) is 12.4 Å². The molecule has 1 aliphatic carbocycles. The summed E-state index contributed by atoms with van der Waals surface area (Å²) < 4.78 is 5.45. The molecule has 0 bridgehead atoms. The summed E-state index contributed by atoms with van der Waals surface area (Å²) in [7, 11) is 0. The number of nitrogens with one attached hydrogen (secondary N) is 2. The van der Waals surface area contributed by atoms with E-state index in [0.717, 1.165) is 31.2 Å². The van der Waals surface area contributed by atoms with E-state index >= 15 is 0 Å². The molecule has 0 saturated heterocycles. The first kappa shape index (κ1) is 26.8. The highest BCUT2D eigenvalue weighted by Gasteiger charge is 2.38. The Morgan fingerprint density at radius 1 is 1.11 bits per heavy atom. The molecule has 0 radical (unpaired) electrons. The van der Waals surface area contributed by atoms with Gasteiger partial charge in [-0.15, -0.1) is 0 Å². The lowest BCUT2D eigenvalue weighted by Crippen LogP contribution is -2.37. The van der Waals surface area contributed by atoms with Crippen molar-refractivity contribution in [3.8, 4) is 6.07 Å². The molecule has 1 atom stereocenters. The van der Waals surface area contributed by atoms with E-state index in [1.807, 2.05) is 42.5 Å². The van der Waals surface area contributed by atoms with E-state index in [4.69, 9.17) is 16.3 Å². The summed E-state index contributed by atoms with van der Waals surface area (Å²) in [6.45, 7) is 1.93. The summed E-state index contributed by atoms with van der Waals surface area (Å²) in [4.78, 5) is 26.2. The third-order valence-electron chi connectivity index (χ3n) is 6.54. The molecule has 192 valence electrons. The lowest BCUT2D eigenvalue weighted by molar-refractivity contribution is -0.138. The molecule has 2 aromatic rings. The number of nitriles is 1. The number of ether oxygens (including phenoxy) is 1. The molecule has 1 amide bonds. The van der Waals surface area contributed by atoms with Crippen LogP contribution in [0.4, 0.5) is 0 Å². The third kappa shape index (κ3) is 6.38. The summed E-state index contributed by atoms with van der Waals surface area (Å²) >= 11 is 7.87. The Balaban J connectivity index is 1.75. The second-order valence-corrected chi connectivity index (χ2v) is 10.4. The number of amides is 1. The third-order valence-corrected chi connectivity index (χ3v) is 7.90. The van der Waals surface area contributed by atoms with Crippen molar-refractivity contribution >= 4 is 40.9 Å². The van der Waals surface area contributed by atoms with Gasteiger partial charge in [0.2, 0.25) is 5.91 Å². The van der Waals surface area contributed by atoms with Crippen LogP contribution in [0.25, 0.3) is 5.70 Å². The van der Waals surface area contributed by atoms with E-state index in [1.165, 1.54) is 18.2 Å². The first-order valence-electron chi connectivity index (χ1n) is 12.6. The predicted octanol–water partition coefficient (Wildman–Crippen LogP) is 5.92. The summed E-state index contributed by atoms with van der Waals surface area (Å²) in [5, 5.41) is 17.7. The van der Waals surface area contributed by atoms with Gasteiger partial charge in [-0.25, -0.2) is 4.79 Å². The molecule has 8 heteroatoms. The minimum atomic E-state index is -0.752. The molecule has 6 nitrogen and oxygen atoms in total. The lowest BCUT2D eigenvalue weighted by atomic mass is 9.81. The van der Waals surface area contributed by atoms with Gasteiger partial charge in [-0.05, 0) is 37.0 Å². The molecule has 0 spiro atoms. The van der Waals surface area contributed by atoms with Crippen molar-refractivity contribution in [3.05, 3.63) is 86.9 Å². The molecule has 0 aromatic heterocycles. The van der Waals surface area contributed by atoms with Gasteiger partial charge in [-0.2, -0.15) is 5.26 Å². The van der Waals surface area contributed by atoms with Crippen LogP contribution in [-0.4, -0.2) is 30.3 Å². The van der Waals surface area contributed by atoms with E-state index in [0.29, 0.717) is 32.5 Å². The highest BCUT2D eigenvalue weighted by Crippen LogP contribution is 2.45. The molecule has 2 aromatic carbocycles.